The Kier molecular flexibility index (Phi) is 2.30. The van der Waals surface area contributed by atoms with Gasteiger partial charge in [-0.3, -0.25) is 0 Å². The molecule has 3 aromatic rings. The van der Waals surface area contributed by atoms with Crippen molar-refractivity contribution in [3.05, 3.63) is 33.2 Å². The summed E-state index contributed by atoms with van der Waals surface area (Å²) in [6.45, 7) is 0. The minimum Gasteiger partial charge on any atom is -0.235 e. The summed E-state index contributed by atoms with van der Waals surface area (Å²) in [6.07, 6.45) is 1.51. The van der Waals surface area contributed by atoms with Crippen LogP contribution in [0.15, 0.2) is 24.5 Å². The molecule has 0 aliphatic carbocycles. The highest BCUT2D eigenvalue weighted by atomic mass is 127. The van der Waals surface area contributed by atoms with Gasteiger partial charge in [-0.25, -0.2) is 9.97 Å². The summed E-state index contributed by atoms with van der Waals surface area (Å²) < 4.78 is 3.39. The summed E-state index contributed by atoms with van der Waals surface area (Å²) >= 11 is 9.97. The lowest BCUT2D eigenvalue weighted by Gasteiger charge is -1.91. The van der Waals surface area contributed by atoms with Crippen LogP contribution >= 0.6 is 45.5 Å². The summed E-state index contributed by atoms with van der Waals surface area (Å²) in [6, 6.07) is 6.29. The molecule has 2 heterocycles. The van der Waals surface area contributed by atoms with Crippen molar-refractivity contribution in [2.24, 2.45) is 0 Å². The maximum atomic E-state index is 6.03. The van der Waals surface area contributed by atoms with Crippen molar-refractivity contribution in [2.75, 3.05) is 0 Å². The van der Waals surface area contributed by atoms with Gasteiger partial charge in [0.1, 0.15) is 11.5 Å². The van der Waals surface area contributed by atoms with Crippen LogP contribution in [0, 0.1) is 3.57 Å². The Morgan fingerprint density at radius 2 is 2.13 bits per heavy atom. The van der Waals surface area contributed by atoms with E-state index in [1.54, 1.807) is 11.3 Å². The number of rotatable bonds is 0. The van der Waals surface area contributed by atoms with Gasteiger partial charge in [-0.05, 0) is 34.7 Å². The van der Waals surface area contributed by atoms with Gasteiger partial charge >= 0.3 is 0 Å². The van der Waals surface area contributed by atoms with Crippen molar-refractivity contribution in [3.8, 4) is 0 Å². The van der Waals surface area contributed by atoms with Gasteiger partial charge in [-0.2, -0.15) is 0 Å². The highest BCUT2D eigenvalue weighted by Crippen LogP contribution is 2.35. The predicted octanol–water partition coefficient (Wildman–Crippen LogP) is 4.10. The van der Waals surface area contributed by atoms with E-state index in [1.165, 1.54) is 14.6 Å². The number of aromatic nitrogens is 2. The van der Waals surface area contributed by atoms with Gasteiger partial charge < -0.3 is 0 Å². The zero-order chi connectivity index (χ0) is 10.4. The molecule has 0 spiro atoms. The Morgan fingerprint density at radius 1 is 1.27 bits per heavy atom. The van der Waals surface area contributed by atoms with E-state index in [1.807, 2.05) is 0 Å². The fraction of sp³-hybridized carbons (Fsp3) is 0. The van der Waals surface area contributed by atoms with Crippen LogP contribution in [0.4, 0.5) is 0 Å². The number of fused-ring (bicyclic) bond motifs is 3. The average molecular weight is 347 g/mol. The van der Waals surface area contributed by atoms with E-state index >= 15 is 0 Å². The molecule has 0 bridgehead atoms. The lowest BCUT2D eigenvalue weighted by atomic mass is 10.2. The minimum atomic E-state index is 0.538. The fourth-order valence-corrected chi connectivity index (χ4v) is 3.55. The van der Waals surface area contributed by atoms with Crippen LogP contribution in [0.5, 0.6) is 0 Å². The monoisotopic (exact) mass is 346 g/mol. The van der Waals surface area contributed by atoms with Gasteiger partial charge in [0, 0.05) is 13.7 Å². The third-order valence-electron chi connectivity index (χ3n) is 2.17. The second-order valence-electron chi connectivity index (χ2n) is 3.08. The van der Waals surface area contributed by atoms with Crippen LogP contribution in [-0.2, 0) is 0 Å². The molecule has 2 nitrogen and oxygen atoms in total. The van der Waals surface area contributed by atoms with Crippen LogP contribution in [0.3, 0.4) is 0 Å². The summed E-state index contributed by atoms with van der Waals surface area (Å²) in [4.78, 5) is 8.26. The summed E-state index contributed by atoms with van der Waals surface area (Å²) in [7, 11) is 0. The van der Waals surface area contributed by atoms with Crippen LogP contribution in [-0.4, -0.2) is 9.97 Å². The Balaban J connectivity index is 2.57. The Bertz CT molecular complexity index is 665. The van der Waals surface area contributed by atoms with E-state index in [0.717, 1.165) is 15.6 Å². The number of nitrogens with zero attached hydrogens (tertiary/aromatic N) is 2. The minimum absolute atomic E-state index is 0.538. The van der Waals surface area contributed by atoms with Crippen molar-refractivity contribution in [3.63, 3.8) is 0 Å². The molecular formula is C10H4ClIN2S. The molecule has 74 valence electrons. The van der Waals surface area contributed by atoms with Crippen LogP contribution in [0.25, 0.3) is 20.3 Å². The number of hydrogen-bond donors (Lipinski definition) is 0. The molecule has 2 aromatic heterocycles. The average Bonchev–Trinajstić information content (AvgIpc) is 2.57. The number of halogens is 2. The number of thiophene rings is 1. The first kappa shape index (κ1) is 9.74. The first-order chi connectivity index (χ1) is 7.25. The molecule has 1 aromatic carbocycles. The van der Waals surface area contributed by atoms with Crippen LogP contribution in [0.2, 0.25) is 5.15 Å². The zero-order valence-corrected chi connectivity index (χ0v) is 11.1. The topological polar surface area (TPSA) is 25.8 Å². The molecule has 0 aliphatic heterocycles. The van der Waals surface area contributed by atoms with E-state index in [2.05, 4.69) is 50.8 Å². The quantitative estimate of drug-likeness (QED) is 0.452. The second kappa shape index (κ2) is 3.54. The van der Waals surface area contributed by atoms with Crippen molar-refractivity contribution in [1.29, 1.82) is 0 Å². The van der Waals surface area contributed by atoms with Gasteiger partial charge in [0.2, 0.25) is 0 Å². The van der Waals surface area contributed by atoms with E-state index in [-0.39, 0.29) is 0 Å². The Hall–Kier alpha value is -0.460. The summed E-state index contributed by atoms with van der Waals surface area (Å²) in [5.41, 5.74) is 0.950. The largest absolute Gasteiger partial charge is 0.235 e. The van der Waals surface area contributed by atoms with Gasteiger partial charge in [0.05, 0.1) is 10.2 Å². The summed E-state index contributed by atoms with van der Waals surface area (Å²) in [5, 5.41) is 1.69. The van der Waals surface area contributed by atoms with Gasteiger partial charge in [-0.15, -0.1) is 11.3 Å². The lowest BCUT2D eigenvalue weighted by Crippen LogP contribution is -1.78. The van der Waals surface area contributed by atoms with Crippen molar-refractivity contribution in [1.82, 2.24) is 9.97 Å². The number of hydrogen-bond acceptors (Lipinski definition) is 3. The van der Waals surface area contributed by atoms with Gasteiger partial charge in [0.25, 0.3) is 0 Å². The van der Waals surface area contributed by atoms with Gasteiger partial charge in [0.15, 0.2) is 0 Å². The zero-order valence-electron chi connectivity index (χ0n) is 7.37. The highest BCUT2D eigenvalue weighted by Gasteiger charge is 2.09. The second-order valence-corrected chi connectivity index (χ2v) is 5.74. The molecule has 0 fully saturated rings. The van der Waals surface area contributed by atoms with Crippen LogP contribution < -0.4 is 0 Å². The van der Waals surface area contributed by atoms with Crippen LogP contribution in [0.1, 0.15) is 0 Å². The van der Waals surface area contributed by atoms with Crippen molar-refractivity contribution < 1.29 is 0 Å². The normalized spacial score (nSPS) is 11.3. The first-order valence-corrected chi connectivity index (χ1v) is 6.51. The molecule has 0 aliphatic rings. The molecule has 0 N–H and O–H groups in total. The van der Waals surface area contributed by atoms with E-state index < -0.39 is 0 Å². The molecule has 0 unspecified atom stereocenters. The van der Waals surface area contributed by atoms with E-state index in [9.17, 15) is 0 Å². The molecule has 0 radical (unpaired) electrons. The third-order valence-corrected chi connectivity index (χ3v) is 4.39. The molecular weight excluding hydrogens is 343 g/mol. The van der Waals surface area contributed by atoms with Gasteiger partial charge in [-0.1, -0.05) is 17.7 Å². The SMILES string of the molecule is Clc1ncnc2c1sc1cc(I)ccc12. The van der Waals surface area contributed by atoms with E-state index in [4.69, 9.17) is 11.6 Å². The van der Waals surface area contributed by atoms with Crippen molar-refractivity contribution in [2.45, 2.75) is 0 Å². The van der Waals surface area contributed by atoms with E-state index in [0.29, 0.717) is 5.15 Å². The Labute approximate surface area is 108 Å². The molecule has 0 atom stereocenters. The Morgan fingerprint density at radius 3 is 3.00 bits per heavy atom. The number of benzene rings is 1. The third kappa shape index (κ3) is 1.51. The fourth-order valence-electron chi connectivity index (χ4n) is 1.52. The molecule has 0 saturated carbocycles. The summed E-state index contributed by atoms with van der Waals surface area (Å²) in [5.74, 6) is 0. The molecule has 0 saturated heterocycles. The maximum absolute atomic E-state index is 6.03. The maximum Gasteiger partial charge on any atom is 0.150 e. The molecule has 15 heavy (non-hydrogen) atoms. The smallest absolute Gasteiger partial charge is 0.150 e. The molecule has 0 amide bonds. The first-order valence-electron chi connectivity index (χ1n) is 4.24. The molecule has 5 heteroatoms. The lowest BCUT2D eigenvalue weighted by molar-refractivity contribution is 1.23. The molecule has 3 rings (SSSR count). The van der Waals surface area contributed by atoms with Crippen molar-refractivity contribution >= 4 is 65.8 Å². The predicted molar refractivity (Wildman–Crippen MR) is 72.6 cm³/mol. The standard InChI is InChI=1S/C10H4ClIN2S/c11-10-9-8(13-4-14-10)6-2-1-5(12)3-7(6)15-9/h1-4H. The highest BCUT2D eigenvalue weighted by molar-refractivity contribution is 14.1.